The number of ether oxygens (including phenoxy) is 2. The van der Waals surface area contributed by atoms with E-state index in [2.05, 4.69) is 27.9 Å². The van der Waals surface area contributed by atoms with Crippen LogP contribution in [0.3, 0.4) is 0 Å². The highest BCUT2D eigenvalue weighted by Gasteiger charge is 2.31. The minimum Gasteiger partial charge on any atom is -0.489 e. The van der Waals surface area contributed by atoms with Gasteiger partial charge in [0.15, 0.2) is 0 Å². The van der Waals surface area contributed by atoms with Crippen LogP contribution in [0.25, 0.3) is 0 Å². The lowest BCUT2D eigenvalue weighted by Crippen LogP contribution is -2.31. The van der Waals surface area contributed by atoms with Gasteiger partial charge in [0.25, 0.3) is 0 Å². The first kappa shape index (κ1) is 12.6. The summed E-state index contributed by atoms with van der Waals surface area (Å²) >= 11 is 2.24. The highest BCUT2D eigenvalue weighted by Crippen LogP contribution is 2.19. The molecule has 4 nitrogen and oxygen atoms in total. The molecule has 2 atom stereocenters. The molecule has 1 aromatic carbocycles. The molecule has 0 amide bonds. The molecule has 0 unspecified atom stereocenters. The van der Waals surface area contributed by atoms with E-state index in [1.54, 1.807) is 0 Å². The molecular weight excluding hydrogens is 333 g/mol. The van der Waals surface area contributed by atoms with Gasteiger partial charge in [0.05, 0.1) is 7.11 Å². The maximum absolute atomic E-state index is 11.3. The van der Waals surface area contributed by atoms with Crippen LogP contribution >= 0.6 is 22.6 Å². The van der Waals surface area contributed by atoms with Crippen molar-refractivity contribution in [1.82, 2.24) is 5.32 Å². The molecule has 1 heterocycles. The van der Waals surface area contributed by atoms with Gasteiger partial charge in [-0.1, -0.05) is 6.07 Å². The first-order valence-electron chi connectivity index (χ1n) is 5.42. The lowest BCUT2D eigenvalue weighted by Gasteiger charge is -2.12. The van der Waals surface area contributed by atoms with E-state index >= 15 is 0 Å². The second-order valence-electron chi connectivity index (χ2n) is 3.92. The highest BCUT2D eigenvalue weighted by molar-refractivity contribution is 14.1. The number of carbonyl (C=O) groups is 1. The van der Waals surface area contributed by atoms with Gasteiger partial charge in [-0.05, 0) is 40.8 Å². The summed E-state index contributed by atoms with van der Waals surface area (Å²) in [5.74, 6) is 0.618. The van der Waals surface area contributed by atoms with Crippen LogP contribution in [0.2, 0.25) is 0 Å². The summed E-state index contributed by atoms with van der Waals surface area (Å²) in [6.45, 7) is 0.672. The quantitative estimate of drug-likeness (QED) is 0.666. The van der Waals surface area contributed by atoms with Crippen molar-refractivity contribution in [3.8, 4) is 5.75 Å². The number of hydrogen-bond acceptors (Lipinski definition) is 4. The van der Waals surface area contributed by atoms with E-state index < -0.39 is 0 Å². The molecular formula is C12H14INO3. The fourth-order valence-electron chi connectivity index (χ4n) is 1.85. The Bertz CT molecular complexity index is 410. The number of benzene rings is 1. The zero-order chi connectivity index (χ0) is 12.3. The standard InChI is InChI=1S/C12H14INO3/c1-16-12(15)11-6-10(7-14-11)17-9-4-2-3-8(13)5-9/h2-5,10-11,14H,6-7H2,1H3/t10-,11-/m0/s1. The molecule has 0 bridgehead atoms. The normalized spacial score (nSPS) is 23.4. The predicted octanol–water partition coefficient (Wildman–Crippen LogP) is 1.57. The van der Waals surface area contributed by atoms with Gasteiger partial charge < -0.3 is 14.8 Å². The second kappa shape index (κ2) is 5.68. The molecule has 92 valence electrons. The fourth-order valence-corrected chi connectivity index (χ4v) is 2.36. The first-order valence-corrected chi connectivity index (χ1v) is 6.50. The lowest BCUT2D eigenvalue weighted by molar-refractivity contribution is -0.142. The van der Waals surface area contributed by atoms with Crippen LogP contribution in [0.4, 0.5) is 0 Å². The number of rotatable bonds is 3. The summed E-state index contributed by atoms with van der Waals surface area (Å²) in [6, 6.07) is 7.63. The van der Waals surface area contributed by atoms with Crippen molar-refractivity contribution >= 4 is 28.6 Å². The highest BCUT2D eigenvalue weighted by atomic mass is 127. The Balaban J connectivity index is 1.92. The fraction of sp³-hybridized carbons (Fsp3) is 0.417. The van der Waals surface area contributed by atoms with Crippen LogP contribution in [-0.4, -0.2) is 31.8 Å². The number of esters is 1. The average molecular weight is 347 g/mol. The van der Waals surface area contributed by atoms with Crippen LogP contribution < -0.4 is 10.1 Å². The molecule has 0 radical (unpaired) electrons. The summed E-state index contributed by atoms with van der Waals surface area (Å²) in [6.07, 6.45) is 0.676. The Morgan fingerprint density at radius 3 is 3.06 bits per heavy atom. The third kappa shape index (κ3) is 3.32. The Kier molecular flexibility index (Phi) is 4.22. The van der Waals surface area contributed by atoms with E-state index in [0.29, 0.717) is 13.0 Å². The molecule has 0 spiro atoms. The molecule has 5 heteroatoms. The Labute approximate surface area is 114 Å². The maximum Gasteiger partial charge on any atom is 0.323 e. The van der Waals surface area contributed by atoms with Crippen molar-refractivity contribution in [3.63, 3.8) is 0 Å². The van der Waals surface area contributed by atoms with Crippen LogP contribution in [0.5, 0.6) is 5.75 Å². The topological polar surface area (TPSA) is 47.6 Å². The van der Waals surface area contributed by atoms with Crippen molar-refractivity contribution in [1.29, 1.82) is 0 Å². The van der Waals surface area contributed by atoms with Gasteiger partial charge in [-0.25, -0.2) is 0 Å². The summed E-state index contributed by atoms with van der Waals surface area (Å²) in [5.41, 5.74) is 0. The zero-order valence-electron chi connectivity index (χ0n) is 9.48. The third-order valence-corrected chi connectivity index (χ3v) is 3.35. The predicted molar refractivity (Wildman–Crippen MR) is 72.0 cm³/mol. The van der Waals surface area contributed by atoms with Gasteiger partial charge in [0, 0.05) is 16.5 Å². The largest absolute Gasteiger partial charge is 0.489 e. The molecule has 1 N–H and O–H groups in total. The SMILES string of the molecule is COC(=O)[C@@H]1C[C@H](Oc2cccc(I)c2)CN1. The summed E-state index contributed by atoms with van der Waals surface area (Å²) in [7, 11) is 1.40. The molecule has 0 aromatic heterocycles. The number of halogens is 1. The van der Waals surface area contributed by atoms with Crippen molar-refractivity contribution in [2.45, 2.75) is 18.6 Å². The summed E-state index contributed by atoms with van der Waals surface area (Å²) in [4.78, 5) is 11.3. The molecule has 1 saturated heterocycles. The Morgan fingerprint density at radius 1 is 1.53 bits per heavy atom. The lowest BCUT2D eigenvalue weighted by atomic mass is 10.2. The van der Waals surface area contributed by atoms with E-state index in [0.717, 1.165) is 9.32 Å². The number of nitrogens with one attached hydrogen (secondary N) is 1. The van der Waals surface area contributed by atoms with Gasteiger partial charge in [-0.3, -0.25) is 4.79 Å². The van der Waals surface area contributed by atoms with Crippen molar-refractivity contribution in [2.24, 2.45) is 0 Å². The van der Waals surface area contributed by atoms with Gasteiger partial charge >= 0.3 is 5.97 Å². The van der Waals surface area contributed by atoms with E-state index in [9.17, 15) is 4.79 Å². The smallest absolute Gasteiger partial charge is 0.323 e. The van der Waals surface area contributed by atoms with Gasteiger partial charge in [0.1, 0.15) is 17.9 Å². The number of hydrogen-bond donors (Lipinski definition) is 1. The molecule has 1 fully saturated rings. The molecule has 1 aromatic rings. The van der Waals surface area contributed by atoms with Crippen molar-refractivity contribution < 1.29 is 14.3 Å². The molecule has 1 aliphatic rings. The van der Waals surface area contributed by atoms with Crippen LogP contribution in [0.15, 0.2) is 24.3 Å². The van der Waals surface area contributed by atoms with Gasteiger partial charge in [-0.15, -0.1) is 0 Å². The van der Waals surface area contributed by atoms with Crippen molar-refractivity contribution in [2.75, 3.05) is 13.7 Å². The molecule has 2 rings (SSSR count). The Hall–Kier alpha value is -0.820. The monoisotopic (exact) mass is 347 g/mol. The second-order valence-corrected chi connectivity index (χ2v) is 5.16. The minimum atomic E-state index is -0.243. The first-order chi connectivity index (χ1) is 8.19. The van der Waals surface area contributed by atoms with E-state index in [4.69, 9.17) is 9.47 Å². The van der Waals surface area contributed by atoms with Crippen LogP contribution in [0, 0.1) is 3.57 Å². The molecule has 0 saturated carbocycles. The van der Waals surface area contributed by atoms with Crippen molar-refractivity contribution in [3.05, 3.63) is 27.8 Å². The summed E-state index contributed by atoms with van der Waals surface area (Å²) < 4.78 is 11.6. The summed E-state index contributed by atoms with van der Waals surface area (Å²) in [5, 5.41) is 3.09. The zero-order valence-corrected chi connectivity index (χ0v) is 11.6. The minimum absolute atomic E-state index is 0.0253. The van der Waals surface area contributed by atoms with Crippen LogP contribution in [-0.2, 0) is 9.53 Å². The van der Waals surface area contributed by atoms with Gasteiger partial charge in [-0.2, -0.15) is 0 Å². The van der Waals surface area contributed by atoms with E-state index in [1.165, 1.54) is 7.11 Å². The molecule has 0 aliphatic carbocycles. The maximum atomic E-state index is 11.3. The number of carbonyl (C=O) groups excluding carboxylic acids is 1. The molecule has 1 aliphatic heterocycles. The van der Waals surface area contributed by atoms with Crippen LogP contribution in [0.1, 0.15) is 6.42 Å². The van der Waals surface area contributed by atoms with E-state index in [-0.39, 0.29) is 18.1 Å². The molecule has 17 heavy (non-hydrogen) atoms. The third-order valence-electron chi connectivity index (χ3n) is 2.68. The van der Waals surface area contributed by atoms with Gasteiger partial charge in [0.2, 0.25) is 0 Å². The Morgan fingerprint density at radius 2 is 2.35 bits per heavy atom. The van der Waals surface area contributed by atoms with E-state index in [1.807, 2.05) is 24.3 Å². The number of methoxy groups -OCH3 is 1. The average Bonchev–Trinajstić information content (AvgIpc) is 2.76.